The van der Waals surface area contributed by atoms with E-state index in [4.69, 9.17) is 5.11 Å². The van der Waals surface area contributed by atoms with Crippen molar-refractivity contribution < 1.29 is 14.7 Å². The summed E-state index contributed by atoms with van der Waals surface area (Å²) in [5.41, 5.74) is 0. The number of carbonyl (C=O) groups is 2. The van der Waals surface area contributed by atoms with Crippen LogP contribution in [-0.2, 0) is 9.59 Å². The van der Waals surface area contributed by atoms with Gasteiger partial charge in [0, 0.05) is 13.0 Å². The standard InChI is InChI=1S/C11H20N2O3/c1-6(2)10(12-7(3)14)11(16)13-8-4-9(15)5-8/h6,8-10,15H,4-5H2,1-3H3,(H,12,14)(H,13,16). The normalized spacial score (nSPS) is 25.8. The SMILES string of the molecule is CC(=O)NC(C(=O)NC1CC(O)C1)C(C)C. The van der Waals surface area contributed by atoms with Gasteiger partial charge in [-0.05, 0) is 18.8 Å². The van der Waals surface area contributed by atoms with Crippen LogP contribution in [0.15, 0.2) is 0 Å². The van der Waals surface area contributed by atoms with E-state index >= 15 is 0 Å². The third-order valence-electron chi connectivity index (χ3n) is 2.77. The Morgan fingerprint density at radius 2 is 1.88 bits per heavy atom. The molecule has 16 heavy (non-hydrogen) atoms. The van der Waals surface area contributed by atoms with Crippen LogP contribution in [0, 0.1) is 5.92 Å². The lowest BCUT2D eigenvalue weighted by Gasteiger charge is -2.33. The third-order valence-corrected chi connectivity index (χ3v) is 2.77. The van der Waals surface area contributed by atoms with E-state index in [1.54, 1.807) is 0 Å². The summed E-state index contributed by atoms with van der Waals surface area (Å²) in [7, 11) is 0. The molecule has 0 saturated heterocycles. The van der Waals surface area contributed by atoms with Crippen LogP contribution in [0.3, 0.4) is 0 Å². The van der Waals surface area contributed by atoms with Crippen LogP contribution >= 0.6 is 0 Å². The average molecular weight is 228 g/mol. The van der Waals surface area contributed by atoms with Crippen molar-refractivity contribution in [2.24, 2.45) is 5.92 Å². The molecule has 0 aromatic heterocycles. The Balaban J connectivity index is 2.44. The summed E-state index contributed by atoms with van der Waals surface area (Å²) >= 11 is 0. The Morgan fingerprint density at radius 1 is 1.31 bits per heavy atom. The molecule has 0 aromatic carbocycles. The molecule has 1 atom stereocenters. The van der Waals surface area contributed by atoms with Gasteiger partial charge >= 0.3 is 0 Å². The fraction of sp³-hybridized carbons (Fsp3) is 0.818. The predicted octanol–water partition coefficient (Wildman–Crippen LogP) is -0.213. The molecule has 1 unspecified atom stereocenters. The first-order chi connectivity index (χ1) is 7.40. The maximum Gasteiger partial charge on any atom is 0.243 e. The van der Waals surface area contributed by atoms with Crippen LogP contribution in [0.25, 0.3) is 0 Å². The molecule has 1 rings (SSSR count). The molecule has 1 aliphatic carbocycles. The van der Waals surface area contributed by atoms with Crippen molar-refractivity contribution >= 4 is 11.8 Å². The van der Waals surface area contributed by atoms with Crippen molar-refractivity contribution in [3.8, 4) is 0 Å². The van der Waals surface area contributed by atoms with Crippen LogP contribution in [0.2, 0.25) is 0 Å². The van der Waals surface area contributed by atoms with Gasteiger partial charge in [-0.15, -0.1) is 0 Å². The van der Waals surface area contributed by atoms with Crippen molar-refractivity contribution in [2.75, 3.05) is 0 Å². The average Bonchev–Trinajstić information content (AvgIpc) is 2.10. The predicted molar refractivity (Wildman–Crippen MR) is 59.6 cm³/mol. The monoisotopic (exact) mass is 228 g/mol. The second-order valence-corrected chi connectivity index (χ2v) is 4.75. The molecule has 0 radical (unpaired) electrons. The van der Waals surface area contributed by atoms with Crippen LogP contribution < -0.4 is 10.6 Å². The first-order valence-corrected chi connectivity index (χ1v) is 5.65. The molecule has 0 spiro atoms. The van der Waals surface area contributed by atoms with Crippen molar-refractivity contribution in [3.63, 3.8) is 0 Å². The van der Waals surface area contributed by atoms with E-state index in [-0.39, 0.29) is 29.9 Å². The Labute approximate surface area is 95.6 Å². The quantitative estimate of drug-likeness (QED) is 0.623. The molecule has 2 amide bonds. The van der Waals surface area contributed by atoms with E-state index in [0.717, 1.165) is 0 Å². The zero-order valence-electron chi connectivity index (χ0n) is 9.99. The highest BCUT2D eigenvalue weighted by Gasteiger charge is 2.31. The molecule has 0 bridgehead atoms. The summed E-state index contributed by atoms with van der Waals surface area (Å²) in [6, 6.07) is -0.437. The van der Waals surface area contributed by atoms with Gasteiger partial charge in [0.1, 0.15) is 6.04 Å². The second-order valence-electron chi connectivity index (χ2n) is 4.75. The minimum absolute atomic E-state index is 0.0499. The summed E-state index contributed by atoms with van der Waals surface area (Å²) in [6.07, 6.45) is 0.927. The summed E-state index contributed by atoms with van der Waals surface area (Å²) in [5, 5.41) is 14.6. The zero-order chi connectivity index (χ0) is 12.3. The van der Waals surface area contributed by atoms with E-state index < -0.39 is 6.04 Å². The van der Waals surface area contributed by atoms with Gasteiger partial charge in [0.15, 0.2) is 0 Å². The van der Waals surface area contributed by atoms with Gasteiger partial charge in [0.25, 0.3) is 0 Å². The number of aliphatic hydroxyl groups excluding tert-OH is 1. The molecule has 0 aliphatic heterocycles. The first kappa shape index (κ1) is 13.0. The molecule has 0 heterocycles. The van der Waals surface area contributed by atoms with Gasteiger partial charge < -0.3 is 15.7 Å². The van der Waals surface area contributed by atoms with Crippen LogP contribution in [0.5, 0.6) is 0 Å². The summed E-state index contributed by atoms with van der Waals surface area (Å²) < 4.78 is 0. The fourth-order valence-electron chi connectivity index (χ4n) is 1.75. The number of rotatable bonds is 4. The van der Waals surface area contributed by atoms with Crippen LogP contribution in [-0.4, -0.2) is 35.1 Å². The number of hydrogen-bond donors (Lipinski definition) is 3. The van der Waals surface area contributed by atoms with Crippen molar-refractivity contribution in [3.05, 3.63) is 0 Å². The highest BCUT2D eigenvalue weighted by atomic mass is 16.3. The van der Waals surface area contributed by atoms with E-state index in [1.165, 1.54) is 6.92 Å². The fourth-order valence-corrected chi connectivity index (χ4v) is 1.75. The molecular weight excluding hydrogens is 208 g/mol. The van der Waals surface area contributed by atoms with Crippen LogP contribution in [0.1, 0.15) is 33.6 Å². The minimum Gasteiger partial charge on any atom is -0.393 e. The molecule has 5 heteroatoms. The molecular formula is C11H20N2O3. The molecule has 1 aliphatic rings. The summed E-state index contributed by atoms with van der Waals surface area (Å²) in [6.45, 7) is 5.17. The number of carbonyl (C=O) groups excluding carboxylic acids is 2. The van der Waals surface area contributed by atoms with E-state index in [1.807, 2.05) is 13.8 Å². The van der Waals surface area contributed by atoms with Gasteiger partial charge in [-0.25, -0.2) is 0 Å². The Bertz CT molecular complexity index is 272. The van der Waals surface area contributed by atoms with Gasteiger partial charge in [0.2, 0.25) is 11.8 Å². The van der Waals surface area contributed by atoms with Crippen molar-refractivity contribution in [1.29, 1.82) is 0 Å². The Kier molecular flexibility index (Phi) is 4.29. The van der Waals surface area contributed by atoms with E-state index in [0.29, 0.717) is 12.8 Å². The first-order valence-electron chi connectivity index (χ1n) is 5.65. The van der Waals surface area contributed by atoms with Crippen molar-refractivity contribution in [2.45, 2.75) is 51.8 Å². The highest BCUT2D eigenvalue weighted by molar-refractivity contribution is 5.87. The molecule has 1 fully saturated rings. The number of hydrogen-bond acceptors (Lipinski definition) is 3. The maximum atomic E-state index is 11.8. The second kappa shape index (κ2) is 5.30. The number of nitrogens with one attached hydrogen (secondary N) is 2. The van der Waals surface area contributed by atoms with Gasteiger partial charge in [0.05, 0.1) is 6.10 Å². The van der Waals surface area contributed by atoms with Crippen LogP contribution in [0.4, 0.5) is 0 Å². The zero-order valence-corrected chi connectivity index (χ0v) is 9.99. The lowest BCUT2D eigenvalue weighted by atomic mass is 9.89. The lowest BCUT2D eigenvalue weighted by molar-refractivity contribution is -0.130. The van der Waals surface area contributed by atoms with Gasteiger partial charge in [-0.3, -0.25) is 9.59 Å². The highest BCUT2D eigenvalue weighted by Crippen LogP contribution is 2.19. The molecule has 0 aromatic rings. The third kappa shape index (κ3) is 3.48. The molecule has 5 nitrogen and oxygen atoms in total. The Morgan fingerprint density at radius 3 is 2.25 bits per heavy atom. The molecule has 1 saturated carbocycles. The van der Waals surface area contributed by atoms with Gasteiger partial charge in [-0.1, -0.05) is 13.8 Å². The lowest BCUT2D eigenvalue weighted by Crippen LogP contribution is -2.55. The Hall–Kier alpha value is -1.10. The smallest absolute Gasteiger partial charge is 0.243 e. The summed E-state index contributed by atoms with van der Waals surface area (Å²) in [4.78, 5) is 22.8. The van der Waals surface area contributed by atoms with E-state index in [2.05, 4.69) is 10.6 Å². The minimum atomic E-state index is -0.491. The molecule has 3 N–H and O–H groups in total. The largest absolute Gasteiger partial charge is 0.393 e. The van der Waals surface area contributed by atoms with Gasteiger partial charge in [-0.2, -0.15) is 0 Å². The number of amides is 2. The summed E-state index contributed by atoms with van der Waals surface area (Å²) in [5.74, 6) is -0.321. The maximum absolute atomic E-state index is 11.8. The topological polar surface area (TPSA) is 78.4 Å². The number of aliphatic hydroxyl groups is 1. The van der Waals surface area contributed by atoms with E-state index in [9.17, 15) is 9.59 Å². The van der Waals surface area contributed by atoms with Crippen molar-refractivity contribution in [1.82, 2.24) is 10.6 Å². The molecule has 92 valence electrons.